The highest BCUT2D eigenvalue weighted by atomic mass is 32.2. The van der Waals surface area contributed by atoms with Crippen molar-refractivity contribution >= 4 is 15.9 Å². The summed E-state index contributed by atoms with van der Waals surface area (Å²) in [5.41, 5.74) is 0.776. The third-order valence-corrected chi connectivity index (χ3v) is 6.09. The molecule has 1 N–H and O–H groups in total. The van der Waals surface area contributed by atoms with Crippen molar-refractivity contribution in [1.82, 2.24) is 9.62 Å². The van der Waals surface area contributed by atoms with Crippen LogP contribution in [0.15, 0.2) is 53.4 Å². The lowest BCUT2D eigenvalue weighted by atomic mass is 10.2. The predicted octanol–water partition coefficient (Wildman–Crippen LogP) is 1.41. The zero-order valence-corrected chi connectivity index (χ0v) is 17.0. The molecule has 0 unspecified atom stereocenters. The summed E-state index contributed by atoms with van der Waals surface area (Å²) >= 11 is 0. The summed E-state index contributed by atoms with van der Waals surface area (Å²) in [4.78, 5) is 12.4. The van der Waals surface area contributed by atoms with Gasteiger partial charge < -0.3 is 19.5 Å². The van der Waals surface area contributed by atoms with Crippen molar-refractivity contribution in [2.24, 2.45) is 0 Å². The van der Waals surface area contributed by atoms with Crippen LogP contribution in [0.25, 0.3) is 0 Å². The van der Waals surface area contributed by atoms with Crippen molar-refractivity contribution in [3.63, 3.8) is 0 Å². The maximum absolute atomic E-state index is 13.3. The van der Waals surface area contributed by atoms with Gasteiger partial charge >= 0.3 is 0 Å². The fourth-order valence-corrected chi connectivity index (χ4v) is 4.26. The Hall–Kier alpha value is -2.62. The van der Waals surface area contributed by atoms with Gasteiger partial charge in [-0.3, -0.25) is 4.79 Å². The molecule has 0 aliphatic carbocycles. The van der Waals surface area contributed by atoms with Gasteiger partial charge in [-0.2, -0.15) is 4.31 Å². The lowest BCUT2D eigenvalue weighted by Gasteiger charge is -2.23. The summed E-state index contributed by atoms with van der Waals surface area (Å²) in [6.07, 6.45) is 0. The molecule has 1 aliphatic heterocycles. The van der Waals surface area contributed by atoms with E-state index in [4.69, 9.17) is 14.2 Å². The van der Waals surface area contributed by atoms with Crippen molar-refractivity contribution < 1.29 is 27.4 Å². The zero-order chi connectivity index (χ0) is 20.7. The Morgan fingerprint density at radius 1 is 1.10 bits per heavy atom. The number of benzene rings is 2. The quantitative estimate of drug-likeness (QED) is 0.617. The molecule has 0 atom stereocenters. The molecular weight excluding hydrogens is 396 g/mol. The molecule has 9 heteroatoms. The molecule has 0 spiro atoms. The largest absolute Gasteiger partial charge is 0.486 e. The molecule has 0 saturated heterocycles. The van der Waals surface area contributed by atoms with Crippen molar-refractivity contribution in [3.05, 3.63) is 54.1 Å². The number of rotatable bonds is 9. The van der Waals surface area contributed by atoms with Gasteiger partial charge in [0.25, 0.3) is 0 Å². The Balaban J connectivity index is 1.85. The monoisotopic (exact) mass is 420 g/mol. The average molecular weight is 420 g/mol. The van der Waals surface area contributed by atoms with Gasteiger partial charge in [-0.15, -0.1) is 0 Å². The molecule has 0 aromatic heterocycles. The van der Waals surface area contributed by atoms with E-state index < -0.39 is 15.9 Å². The summed E-state index contributed by atoms with van der Waals surface area (Å²) in [5, 5.41) is 2.66. The first-order valence-corrected chi connectivity index (χ1v) is 10.6. The van der Waals surface area contributed by atoms with Gasteiger partial charge in [0, 0.05) is 26.3 Å². The summed E-state index contributed by atoms with van der Waals surface area (Å²) in [5.74, 6) is 0.475. The Kier molecular flexibility index (Phi) is 7.08. The van der Waals surface area contributed by atoms with E-state index in [1.807, 2.05) is 30.3 Å². The van der Waals surface area contributed by atoms with Crippen LogP contribution < -0.4 is 14.8 Å². The highest BCUT2D eigenvalue weighted by molar-refractivity contribution is 7.89. The van der Waals surface area contributed by atoms with Crippen LogP contribution in [0.4, 0.5) is 0 Å². The molecule has 8 nitrogen and oxygen atoms in total. The number of fused-ring (bicyclic) bond motifs is 1. The first-order valence-electron chi connectivity index (χ1n) is 9.20. The SMILES string of the molecule is COCCNC(=O)CN(Cc1ccccc1)S(=O)(=O)c1ccc2c(c1)OCCO2. The molecule has 156 valence electrons. The minimum absolute atomic E-state index is 0.0439. The fourth-order valence-electron chi connectivity index (χ4n) is 2.85. The van der Waals surface area contributed by atoms with Crippen LogP contribution in [0.3, 0.4) is 0 Å². The van der Waals surface area contributed by atoms with Crippen molar-refractivity contribution in [2.75, 3.05) is 40.0 Å². The lowest BCUT2D eigenvalue weighted by molar-refractivity contribution is -0.121. The number of methoxy groups -OCH3 is 1. The predicted molar refractivity (Wildman–Crippen MR) is 106 cm³/mol. The van der Waals surface area contributed by atoms with Gasteiger partial charge in [-0.25, -0.2) is 8.42 Å². The van der Waals surface area contributed by atoms with Crippen molar-refractivity contribution in [3.8, 4) is 11.5 Å². The number of hydrogen-bond donors (Lipinski definition) is 1. The second kappa shape index (κ2) is 9.73. The van der Waals surface area contributed by atoms with Crippen LogP contribution in [0.5, 0.6) is 11.5 Å². The second-order valence-electron chi connectivity index (χ2n) is 6.41. The summed E-state index contributed by atoms with van der Waals surface area (Å²) in [6.45, 7) is 1.18. The number of sulfonamides is 1. The van der Waals surface area contributed by atoms with Gasteiger partial charge in [0.1, 0.15) is 13.2 Å². The van der Waals surface area contributed by atoms with E-state index in [0.29, 0.717) is 37.9 Å². The van der Waals surface area contributed by atoms with Crippen LogP contribution in [0.1, 0.15) is 5.56 Å². The number of ether oxygens (including phenoxy) is 3. The zero-order valence-electron chi connectivity index (χ0n) is 16.2. The van der Waals surface area contributed by atoms with E-state index in [1.54, 1.807) is 6.07 Å². The highest BCUT2D eigenvalue weighted by Crippen LogP contribution is 2.33. The Bertz CT molecular complexity index is 933. The molecule has 29 heavy (non-hydrogen) atoms. The summed E-state index contributed by atoms with van der Waals surface area (Å²) in [7, 11) is -2.42. The van der Waals surface area contributed by atoms with E-state index in [0.717, 1.165) is 9.87 Å². The summed E-state index contributed by atoms with van der Waals surface area (Å²) < 4.78 is 43.6. The minimum atomic E-state index is -3.95. The summed E-state index contributed by atoms with van der Waals surface area (Å²) in [6, 6.07) is 13.6. The van der Waals surface area contributed by atoms with E-state index in [2.05, 4.69) is 5.32 Å². The van der Waals surface area contributed by atoms with Crippen LogP contribution in [-0.2, 0) is 26.1 Å². The topological polar surface area (TPSA) is 94.2 Å². The number of nitrogens with zero attached hydrogens (tertiary/aromatic N) is 1. The van der Waals surface area contributed by atoms with E-state index in [1.165, 1.54) is 19.2 Å². The molecular formula is C20H24N2O6S. The van der Waals surface area contributed by atoms with Gasteiger partial charge in [0.15, 0.2) is 11.5 Å². The second-order valence-corrected chi connectivity index (χ2v) is 8.34. The molecule has 0 saturated carbocycles. The number of carbonyl (C=O) groups is 1. The average Bonchev–Trinajstić information content (AvgIpc) is 2.74. The fraction of sp³-hybridized carbons (Fsp3) is 0.350. The number of hydrogen-bond acceptors (Lipinski definition) is 6. The third kappa shape index (κ3) is 5.47. The Labute approximate surface area is 170 Å². The number of carbonyl (C=O) groups excluding carboxylic acids is 1. The van der Waals surface area contributed by atoms with Gasteiger partial charge in [-0.1, -0.05) is 30.3 Å². The molecule has 3 rings (SSSR count). The Morgan fingerprint density at radius 3 is 2.55 bits per heavy atom. The van der Waals surface area contributed by atoms with E-state index >= 15 is 0 Å². The molecule has 1 heterocycles. The van der Waals surface area contributed by atoms with E-state index in [-0.39, 0.29) is 18.0 Å². The molecule has 2 aromatic carbocycles. The van der Waals surface area contributed by atoms with Crippen LogP contribution in [-0.4, -0.2) is 58.7 Å². The van der Waals surface area contributed by atoms with Crippen LogP contribution >= 0.6 is 0 Å². The van der Waals surface area contributed by atoms with Gasteiger partial charge in [0.2, 0.25) is 15.9 Å². The van der Waals surface area contributed by atoms with Crippen LogP contribution in [0.2, 0.25) is 0 Å². The molecule has 1 aliphatic rings. The van der Waals surface area contributed by atoms with Gasteiger partial charge in [-0.05, 0) is 17.7 Å². The maximum atomic E-state index is 13.3. The standard InChI is InChI=1S/C20H24N2O6S/c1-26-10-9-21-20(23)15-22(14-16-5-3-2-4-6-16)29(24,25)17-7-8-18-19(13-17)28-12-11-27-18/h2-8,13H,9-12,14-15H2,1H3,(H,21,23). The molecule has 0 fully saturated rings. The first-order chi connectivity index (χ1) is 14.0. The van der Waals surface area contributed by atoms with Gasteiger partial charge in [0.05, 0.1) is 18.0 Å². The highest BCUT2D eigenvalue weighted by Gasteiger charge is 2.28. The number of amides is 1. The first kappa shape index (κ1) is 21.1. The third-order valence-electron chi connectivity index (χ3n) is 4.30. The smallest absolute Gasteiger partial charge is 0.243 e. The Morgan fingerprint density at radius 2 is 1.83 bits per heavy atom. The molecule has 2 aromatic rings. The van der Waals surface area contributed by atoms with Crippen molar-refractivity contribution in [1.29, 1.82) is 0 Å². The molecule has 0 radical (unpaired) electrons. The lowest BCUT2D eigenvalue weighted by Crippen LogP contribution is -2.41. The van der Waals surface area contributed by atoms with Crippen LogP contribution in [0, 0.1) is 0 Å². The van der Waals surface area contributed by atoms with E-state index in [9.17, 15) is 13.2 Å². The van der Waals surface area contributed by atoms with Crippen molar-refractivity contribution in [2.45, 2.75) is 11.4 Å². The molecule has 0 bridgehead atoms. The normalized spacial score (nSPS) is 13.3. The minimum Gasteiger partial charge on any atom is -0.486 e. The molecule has 1 amide bonds. The maximum Gasteiger partial charge on any atom is 0.243 e. The number of nitrogens with one attached hydrogen (secondary N) is 1.